The van der Waals surface area contributed by atoms with E-state index in [2.05, 4.69) is 41.0 Å². The summed E-state index contributed by atoms with van der Waals surface area (Å²) < 4.78 is 6.09. The molecule has 1 aliphatic carbocycles. The van der Waals surface area contributed by atoms with Crippen LogP contribution in [-0.4, -0.2) is 48.5 Å². The molecule has 186 valence electrons. The van der Waals surface area contributed by atoms with Gasteiger partial charge in [0, 0.05) is 43.7 Å². The first-order valence-electron chi connectivity index (χ1n) is 12.8. The Morgan fingerprint density at radius 2 is 1.77 bits per heavy atom. The smallest absolute Gasteiger partial charge is 0.205 e. The van der Waals surface area contributed by atoms with E-state index in [1.54, 1.807) is 12.1 Å². The molecule has 0 unspecified atom stereocenters. The molecule has 1 aliphatic heterocycles. The van der Waals surface area contributed by atoms with Crippen molar-refractivity contribution < 1.29 is 9.53 Å². The van der Waals surface area contributed by atoms with Gasteiger partial charge in [-0.25, -0.2) is 4.85 Å². The summed E-state index contributed by atoms with van der Waals surface area (Å²) in [4.78, 5) is 18.9. The topological polar surface area (TPSA) is 45.9 Å². The number of carbonyl (C=O) groups is 1. The summed E-state index contributed by atoms with van der Waals surface area (Å²) in [5.41, 5.74) is 2.56. The van der Waals surface area contributed by atoms with Crippen LogP contribution in [-0.2, 0) is 6.42 Å². The van der Waals surface area contributed by atoms with Gasteiger partial charge in [0.25, 0.3) is 0 Å². The summed E-state index contributed by atoms with van der Waals surface area (Å²) in [6.45, 7) is 14.8. The van der Waals surface area contributed by atoms with Crippen molar-refractivity contribution in [3.8, 4) is 5.75 Å². The monoisotopic (exact) mass is 493 g/mol. The van der Waals surface area contributed by atoms with Gasteiger partial charge in [-0.1, -0.05) is 41.9 Å². The van der Waals surface area contributed by atoms with Crippen LogP contribution in [0.25, 0.3) is 4.85 Å². The minimum atomic E-state index is 0.136. The number of hydrogen-bond acceptors (Lipinski definition) is 4. The van der Waals surface area contributed by atoms with Crippen molar-refractivity contribution in [2.24, 2.45) is 5.92 Å². The normalized spacial score (nSPS) is 25.1. The maximum absolute atomic E-state index is 12.9. The molecule has 0 bridgehead atoms. The average Bonchev–Trinajstić information content (AvgIpc) is 2.85. The van der Waals surface area contributed by atoms with E-state index in [1.165, 1.54) is 5.56 Å². The number of benzene rings is 2. The number of hydrogen-bond donors (Lipinski definition) is 1. The van der Waals surface area contributed by atoms with Gasteiger partial charge in [0.05, 0.1) is 17.7 Å². The number of nitrogens with zero attached hydrogens (tertiary/aromatic N) is 2. The molecule has 2 aromatic rings. The molecule has 0 amide bonds. The first-order chi connectivity index (χ1) is 16.9. The van der Waals surface area contributed by atoms with Crippen LogP contribution in [0, 0.1) is 12.5 Å². The Balaban J connectivity index is 1.21. The Morgan fingerprint density at radius 1 is 1.09 bits per heavy atom. The van der Waals surface area contributed by atoms with Gasteiger partial charge in [0.1, 0.15) is 5.75 Å². The second-order valence-electron chi connectivity index (χ2n) is 10.2. The maximum Gasteiger partial charge on any atom is 0.205 e. The Morgan fingerprint density at radius 3 is 2.40 bits per heavy atom. The Kier molecular flexibility index (Phi) is 8.83. The van der Waals surface area contributed by atoms with Crippen LogP contribution in [0.4, 0.5) is 5.69 Å². The Labute approximate surface area is 214 Å². The van der Waals surface area contributed by atoms with Crippen LogP contribution in [0.3, 0.4) is 0 Å². The zero-order valence-corrected chi connectivity index (χ0v) is 21.6. The van der Waals surface area contributed by atoms with Crippen molar-refractivity contribution in [1.29, 1.82) is 0 Å². The second-order valence-corrected chi connectivity index (χ2v) is 10.6. The zero-order chi connectivity index (χ0) is 24.8. The minimum absolute atomic E-state index is 0.136. The summed E-state index contributed by atoms with van der Waals surface area (Å²) in [5.74, 6) is 1.36. The van der Waals surface area contributed by atoms with E-state index in [4.69, 9.17) is 22.9 Å². The van der Waals surface area contributed by atoms with Crippen LogP contribution in [0.1, 0.15) is 61.9 Å². The van der Waals surface area contributed by atoms with Gasteiger partial charge < -0.3 is 10.1 Å². The van der Waals surface area contributed by atoms with E-state index in [9.17, 15) is 4.79 Å². The predicted octanol–water partition coefficient (Wildman–Crippen LogP) is 6.33. The number of nitrogens with one attached hydrogen (secondary N) is 1. The molecule has 2 fully saturated rings. The lowest BCUT2D eigenvalue weighted by Gasteiger charge is -2.39. The fraction of sp³-hybridized carbons (Fsp3) is 0.517. The van der Waals surface area contributed by atoms with Gasteiger partial charge in [0.2, 0.25) is 5.69 Å². The van der Waals surface area contributed by atoms with Crippen molar-refractivity contribution in [2.45, 2.75) is 70.6 Å². The molecule has 0 spiro atoms. The van der Waals surface area contributed by atoms with Crippen molar-refractivity contribution in [2.75, 3.05) is 19.6 Å². The van der Waals surface area contributed by atoms with Crippen molar-refractivity contribution >= 4 is 23.1 Å². The number of rotatable bonds is 8. The molecule has 5 nitrogen and oxygen atoms in total. The van der Waals surface area contributed by atoms with Crippen molar-refractivity contribution in [3.05, 3.63) is 70.0 Å². The molecule has 35 heavy (non-hydrogen) atoms. The highest BCUT2D eigenvalue weighted by Crippen LogP contribution is 2.33. The summed E-state index contributed by atoms with van der Waals surface area (Å²) in [5, 5.41) is 3.91. The molecule has 1 N–H and O–H groups in total. The quantitative estimate of drug-likeness (QED) is 0.345. The van der Waals surface area contributed by atoms with Crippen molar-refractivity contribution in [3.63, 3.8) is 0 Å². The Bertz CT molecular complexity index is 1030. The SMILES string of the molecule is [C-]#[N+]c1ccc(OC2CCC(CC(=O)c3ccc(CCN4[C@H](C)CNC[C@H]4C)cc3)CC2)cc1Cl. The lowest BCUT2D eigenvalue weighted by Crippen LogP contribution is -2.55. The van der Waals surface area contributed by atoms with Gasteiger partial charge in [-0.15, -0.1) is 0 Å². The lowest BCUT2D eigenvalue weighted by molar-refractivity contribution is 0.0902. The molecule has 0 radical (unpaired) electrons. The molecule has 1 saturated heterocycles. The third-order valence-corrected chi connectivity index (χ3v) is 7.86. The fourth-order valence-corrected chi connectivity index (χ4v) is 5.62. The number of piperazine rings is 1. The predicted molar refractivity (Wildman–Crippen MR) is 142 cm³/mol. The maximum atomic E-state index is 12.9. The van der Waals surface area contributed by atoms with Gasteiger partial charge >= 0.3 is 0 Å². The summed E-state index contributed by atoms with van der Waals surface area (Å²) in [6, 6.07) is 14.6. The first kappa shape index (κ1) is 25.7. The second kappa shape index (κ2) is 12.0. The van der Waals surface area contributed by atoms with E-state index in [0.717, 1.165) is 57.3 Å². The van der Waals surface area contributed by atoms with Crippen LogP contribution >= 0.6 is 11.6 Å². The lowest BCUT2D eigenvalue weighted by atomic mass is 9.83. The van der Waals surface area contributed by atoms with Crippen LogP contribution in [0.2, 0.25) is 5.02 Å². The molecule has 2 atom stereocenters. The summed E-state index contributed by atoms with van der Waals surface area (Å²) in [6.07, 6.45) is 5.60. The highest BCUT2D eigenvalue weighted by molar-refractivity contribution is 6.33. The molecule has 2 aliphatic rings. The number of carbonyl (C=O) groups excluding carboxylic acids is 1. The largest absolute Gasteiger partial charge is 0.490 e. The van der Waals surface area contributed by atoms with Crippen LogP contribution < -0.4 is 10.1 Å². The molecule has 6 heteroatoms. The fourth-order valence-electron chi connectivity index (χ4n) is 5.40. The number of halogens is 1. The molecule has 1 heterocycles. The van der Waals surface area contributed by atoms with E-state index in [1.807, 2.05) is 18.2 Å². The van der Waals surface area contributed by atoms with Crippen LogP contribution in [0.15, 0.2) is 42.5 Å². The number of ether oxygens (including phenoxy) is 1. The molecule has 1 saturated carbocycles. The average molecular weight is 494 g/mol. The van der Waals surface area contributed by atoms with E-state index in [0.29, 0.717) is 40.9 Å². The summed E-state index contributed by atoms with van der Waals surface area (Å²) in [7, 11) is 0. The molecule has 0 aromatic heterocycles. The van der Waals surface area contributed by atoms with E-state index in [-0.39, 0.29) is 11.9 Å². The minimum Gasteiger partial charge on any atom is -0.490 e. The highest BCUT2D eigenvalue weighted by Gasteiger charge is 2.25. The van der Waals surface area contributed by atoms with E-state index >= 15 is 0 Å². The molecular weight excluding hydrogens is 458 g/mol. The van der Waals surface area contributed by atoms with Crippen LogP contribution in [0.5, 0.6) is 5.75 Å². The van der Waals surface area contributed by atoms with Gasteiger partial charge in [-0.2, -0.15) is 0 Å². The summed E-state index contributed by atoms with van der Waals surface area (Å²) >= 11 is 6.12. The first-order valence-corrected chi connectivity index (χ1v) is 13.2. The standard InChI is InChI=1S/C29H36ClN3O2/c1-20-18-32-19-21(2)33(20)15-14-22-4-8-24(9-5-22)29(34)16-23-6-10-25(11-7-23)35-26-12-13-28(31-3)27(30)17-26/h4-5,8-9,12-13,17,20-21,23,25,32H,6-7,10-11,14-16,18-19H2,1-2H3/t20-,21-,23?,25?/m1/s1. The third-order valence-electron chi connectivity index (χ3n) is 7.56. The zero-order valence-electron chi connectivity index (χ0n) is 20.8. The van der Waals surface area contributed by atoms with Crippen molar-refractivity contribution in [1.82, 2.24) is 10.2 Å². The number of Topliss-reactive ketones (excluding diaryl/α,β-unsaturated/α-hetero) is 1. The van der Waals surface area contributed by atoms with Gasteiger partial charge in [-0.3, -0.25) is 9.69 Å². The Hall–Kier alpha value is -2.39. The molecule has 4 rings (SSSR count). The highest BCUT2D eigenvalue weighted by atomic mass is 35.5. The van der Waals surface area contributed by atoms with Gasteiger partial charge in [0.15, 0.2) is 5.78 Å². The molecule has 2 aromatic carbocycles. The van der Waals surface area contributed by atoms with Gasteiger partial charge in [-0.05, 0) is 69.6 Å². The number of ketones is 1. The third kappa shape index (κ3) is 6.85. The molecular formula is C29H36ClN3O2. The van der Waals surface area contributed by atoms with E-state index < -0.39 is 0 Å².